The summed E-state index contributed by atoms with van der Waals surface area (Å²) in [4.78, 5) is 17.9. The molecule has 2 fully saturated rings. The number of benzene rings is 1. The number of amides is 1. The van der Waals surface area contributed by atoms with E-state index in [0.29, 0.717) is 6.10 Å². The fourth-order valence-corrected chi connectivity index (χ4v) is 5.78. The van der Waals surface area contributed by atoms with Crippen molar-refractivity contribution in [1.29, 1.82) is 0 Å². The van der Waals surface area contributed by atoms with Crippen LogP contribution in [0.3, 0.4) is 0 Å². The molecule has 2 saturated heterocycles. The fourth-order valence-electron chi connectivity index (χ4n) is 4.64. The molecule has 5 rings (SSSR count). The number of fused-ring (bicyclic) bond motifs is 2. The van der Waals surface area contributed by atoms with Gasteiger partial charge >= 0.3 is 0 Å². The highest BCUT2D eigenvalue weighted by Gasteiger charge is 2.48. The second-order valence-corrected chi connectivity index (χ2v) is 8.86. The van der Waals surface area contributed by atoms with Crippen molar-refractivity contribution in [2.75, 3.05) is 25.0 Å². The molecule has 1 aromatic carbocycles. The molecule has 0 aliphatic carbocycles. The molecular formula is C21H24N2O2S. The molecule has 1 amide bonds. The predicted octanol–water partition coefficient (Wildman–Crippen LogP) is 4.09. The largest absolute Gasteiger partial charge is 0.373 e. The molecule has 5 heteroatoms. The van der Waals surface area contributed by atoms with Gasteiger partial charge in [-0.1, -0.05) is 18.2 Å². The Morgan fingerprint density at radius 3 is 2.85 bits per heavy atom. The van der Waals surface area contributed by atoms with Gasteiger partial charge in [-0.2, -0.15) is 0 Å². The van der Waals surface area contributed by atoms with Crippen molar-refractivity contribution in [2.45, 2.75) is 43.7 Å². The monoisotopic (exact) mass is 368 g/mol. The van der Waals surface area contributed by atoms with Crippen LogP contribution in [-0.2, 0) is 21.5 Å². The third kappa shape index (κ3) is 2.70. The van der Waals surface area contributed by atoms with Gasteiger partial charge in [0.15, 0.2) is 0 Å². The number of carbonyl (C=O) groups excluding carboxylic acids is 1. The second kappa shape index (κ2) is 6.48. The molecule has 1 N–H and O–H groups in total. The summed E-state index contributed by atoms with van der Waals surface area (Å²) >= 11 is 1.89. The molecule has 1 unspecified atom stereocenters. The minimum Gasteiger partial charge on any atom is -0.373 e. The molecule has 26 heavy (non-hydrogen) atoms. The van der Waals surface area contributed by atoms with Crippen molar-refractivity contribution >= 4 is 22.9 Å². The molecule has 136 valence electrons. The van der Waals surface area contributed by atoms with E-state index in [1.165, 1.54) is 21.7 Å². The van der Waals surface area contributed by atoms with E-state index in [1.807, 2.05) is 29.5 Å². The highest BCUT2D eigenvalue weighted by atomic mass is 32.1. The number of anilines is 1. The van der Waals surface area contributed by atoms with E-state index in [1.54, 1.807) is 0 Å². The number of rotatable bonds is 3. The van der Waals surface area contributed by atoms with Gasteiger partial charge in [0.1, 0.15) is 0 Å². The average Bonchev–Trinajstić information content (AvgIpc) is 3.38. The summed E-state index contributed by atoms with van der Waals surface area (Å²) in [7, 11) is 0. The lowest BCUT2D eigenvalue weighted by atomic mass is 9.73. The van der Waals surface area contributed by atoms with Crippen LogP contribution in [0.5, 0.6) is 0 Å². The Bertz CT molecular complexity index is 817. The maximum atomic E-state index is 12.7. The summed E-state index contributed by atoms with van der Waals surface area (Å²) in [5.74, 6) is 0.190. The minimum absolute atomic E-state index is 0.190. The average molecular weight is 369 g/mol. The quantitative estimate of drug-likeness (QED) is 0.887. The van der Waals surface area contributed by atoms with E-state index in [2.05, 4.69) is 28.4 Å². The van der Waals surface area contributed by atoms with Crippen LogP contribution in [0.2, 0.25) is 0 Å². The van der Waals surface area contributed by atoms with Crippen molar-refractivity contribution in [3.63, 3.8) is 0 Å². The van der Waals surface area contributed by atoms with Gasteiger partial charge < -0.3 is 10.1 Å². The molecule has 3 aliphatic heterocycles. The zero-order valence-electron chi connectivity index (χ0n) is 14.9. The lowest BCUT2D eigenvalue weighted by Gasteiger charge is -2.37. The van der Waals surface area contributed by atoms with E-state index >= 15 is 0 Å². The highest BCUT2D eigenvalue weighted by molar-refractivity contribution is 7.12. The van der Waals surface area contributed by atoms with Gasteiger partial charge in [-0.15, -0.1) is 11.3 Å². The number of hydrogen-bond donors (Lipinski definition) is 1. The zero-order chi connectivity index (χ0) is 17.6. The Morgan fingerprint density at radius 1 is 1.19 bits per heavy atom. The Morgan fingerprint density at radius 2 is 2.04 bits per heavy atom. The standard InChI is InChI=1S/C21H24N2O2S/c24-20-21(16-4-1-2-5-17(16)22-20)9-11-23(12-10-21)14-15-7-8-19(26-15)18-6-3-13-25-18/h1-2,4-5,7-8,18H,3,6,9-14H2,(H,22,24). The van der Waals surface area contributed by atoms with Gasteiger partial charge in [0, 0.05) is 28.6 Å². The molecular weight excluding hydrogens is 344 g/mol. The lowest BCUT2D eigenvalue weighted by molar-refractivity contribution is -0.122. The summed E-state index contributed by atoms with van der Waals surface area (Å²) in [5.41, 5.74) is 1.89. The highest BCUT2D eigenvalue weighted by Crippen LogP contribution is 2.45. The van der Waals surface area contributed by atoms with Gasteiger partial charge in [-0.05, 0) is 62.5 Å². The Balaban J connectivity index is 1.26. The molecule has 3 aliphatic rings. The molecule has 0 saturated carbocycles. The molecule has 2 aromatic rings. The zero-order valence-corrected chi connectivity index (χ0v) is 15.7. The van der Waals surface area contributed by atoms with Crippen LogP contribution in [0, 0.1) is 0 Å². The maximum absolute atomic E-state index is 12.7. The Hall–Kier alpha value is -1.69. The topological polar surface area (TPSA) is 41.6 Å². The Labute approximate surface area is 158 Å². The first-order chi connectivity index (χ1) is 12.7. The molecule has 0 bridgehead atoms. The molecule has 1 atom stereocenters. The number of ether oxygens (including phenoxy) is 1. The van der Waals surface area contributed by atoms with Crippen molar-refractivity contribution in [1.82, 2.24) is 4.90 Å². The molecule has 1 spiro atoms. The fraction of sp³-hybridized carbons (Fsp3) is 0.476. The van der Waals surface area contributed by atoms with Gasteiger partial charge in [0.2, 0.25) is 5.91 Å². The first kappa shape index (κ1) is 16.5. The number of hydrogen-bond acceptors (Lipinski definition) is 4. The van der Waals surface area contributed by atoms with E-state index in [0.717, 1.165) is 51.2 Å². The van der Waals surface area contributed by atoms with Crippen LogP contribution in [0.4, 0.5) is 5.69 Å². The van der Waals surface area contributed by atoms with E-state index in [9.17, 15) is 4.79 Å². The van der Waals surface area contributed by atoms with Crippen LogP contribution in [-0.4, -0.2) is 30.5 Å². The summed E-state index contributed by atoms with van der Waals surface area (Å²) in [6.45, 7) is 3.82. The number of nitrogens with one attached hydrogen (secondary N) is 1. The van der Waals surface area contributed by atoms with Crippen molar-refractivity contribution in [3.05, 3.63) is 51.7 Å². The SMILES string of the molecule is O=C1Nc2ccccc2C12CCN(Cc1ccc(C3CCCO3)s1)CC2. The molecule has 0 radical (unpaired) electrons. The number of thiophene rings is 1. The predicted molar refractivity (Wildman–Crippen MR) is 104 cm³/mol. The summed E-state index contributed by atoms with van der Waals surface area (Å²) in [6, 6.07) is 12.7. The van der Waals surface area contributed by atoms with Crippen LogP contribution in [0.15, 0.2) is 36.4 Å². The third-order valence-corrected chi connectivity index (χ3v) is 7.31. The molecule has 4 heterocycles. The molecule has 1 aromatic heterocycles. The van der Waals surface area contributed by atoms with Crippen molar-refractivity contribution in [2.24, 2.45) is 0 Å². The molecule has 4 nitrogen and oxygen atoms in total. The van der Waals surface area contributed by atoms with Crippen LogP contribution >= 0.6 is 11.3 Å². The number of carbonyl (C=O) groups is 1. The van der Waals surface area contributed by atoms with Gasteiger partial charge in [-0.25, -0.2) is 0 Å². The number of piperidine rings is 1. The number of nitrogens with zero attached hydrogens (tertiary/aromatic N) is 1. The first-order valence-electron chi connectivity index (χ1n) is 9.58. The van der Waals surface area contributed by atoms with Gasteiger partial charge in [0.05, 0.1) is 11.5 Å². The van der Waals surface area contributed by atoms with Crippen molar-refractivity contribution < 1.29 is 9.53 Å². The summed E-state index contributed by atoms with van der Waals surface area (Å²) in [6.07, 6.45) is 4.45. The van der Waals surface area contributed by atoms with E-state index in [-0.39, 0.29) is 11.3 Å². The number of likely N-dealkylation sites (tertiary alicyclic amines) is 1. The normalized spacial score (nSPS) is 24.8. The summed E-state index contributed by atoms with van der Waals surface area (Å²) < 4.78 is 5.80. The van der Waals surface area contributed by atoms with Crippen LogP contribution < -0.4 is 5.32 Å². The first-order valence-corrected chi connectivity index (χ1v) is 10.4. The second-order valence-electron chi connectivity index (χ2n) is 7.66. The van der Waals surface area contributed by atoms with Crippen LogP contribution in [0.25, 0.3) is 0 Å². The minimum atomic E-state index is -0.314. The van der Waals surface area contributed by atoms with Crippen molar-refractivity contribution in [3.8, 4) is 0 Å². The summed E-state index contributed by atoms with van der Waals surface area (Å²) in [5, 5.41) is 3.09. The van der Waals surface area contributed by atoms with Gasteiger partial charge in [-0.3, -0.25) is 9.69 Å². The maximum Gasteiger partial charge on any atom is 0.235 e. The van der Waals surface area contributed by atoms with E-state index in [4.69, 9.17) is 4.74 Å². The lowest BCUT2D eigenvalue weighted by Crippen LogP contribution is -2.46. The smallest absolute Gasteiger partial charge is 0.235 e. The van der Waals surface area contributed by atoms with Gasteiger partial charge in [0.25, 0.3) is 0 Å². The Kier molecular flexibility index (Phi) is 4.11. The van der Waals surface area contributed by atoms with Crippen LogP contribution in [0.1, 0.15) is 47.1 Å². The van der Waals surface area contributed by atoms with E-state index < -0.39 is 0 Å². The third-order valence-electron chi connectivity index (χ3n) is 6.14. The number of para-hydroxylation sites is 1.